The van der Waals surface area contributed by atoms with Crippen molar-refractivity contribution in [3.05, 3.63) is 48.3 Å². The van der Waals surface area contributed by atoms with E-state index >= 15 is 0 Å². The number of anilines is 1. The van der Waals surface area contributed by atoms with Crippen LogP contribution in [0.3, 0.4) is 0 Å². The SMILES string of the molecule is COc1ccc(C(=O)N[C@H]2CCN(c3nccn4cnnc34)C2)cc1F. The standard InChI is InChI=1S/C17H17FN6O2/c1-26-14-3-2-11(8-13(14)18)17(25)21-12-4-6-23(9-12)15-16-22-20-10-24(16)7-5-19-15/h2-3,5,7-8,10,12H,4,6,9H2,1H3,(H,21,25)/t12-/m0/s1. The smallest absolute Gasteiger partial charge is 0.251 e. The first-order valence-electron chi connectivity index (χ1n) is 8.19. The molecule has 26 heavy (non-hydrogen) atoms. The van der Waals surface area contributed by atoms with Crippen molar-refractivity contribution in [3.8, 4) is 5.75 Å². The first-order valence-corrected chi connectivity index (χ1v) is 8.19. The fourth-order valence-electron chi connectivity index (χ4n) is 3.12. The molecule has 3 aromatic rings. The van der Waals surface area contributed by atoms with Gasteiger partial charge >= 0.3 is 0 Å². The van der Waals surface area contributed by atoms with E-state index in [2.05, 4.69) is 25.4 Å². The summed E-state index contributed by atoms with van der Waals surface area (Å²) in [5.74, 6) is -0.0266. The minimum atomic E-state index is -0.559. The topological polar surface area (TPSA) is 84.7 Å². The Hall–Kier alpha value is -3.23. The number of halogens is 1. The van der Waals surface area contributed by atoms with Gasteiger partial charge in [-0.1, -0.05) is 0 Å². The van der Waals surface area contributed by atoms with Crippen molar-refractivity contribution in [2.75, 3.05) is 25.1 Å². The molecule has 8 nitrogen and oxygen atoms in total. The van der Waals surface area contributed by atoms with Gasteiger partial charge in [0, 0.05) is 37.1 Å². The Bertz CT molecular complexity index is 959. The van der Waals surface area contributed by atoms with Crippen molar-refractivity contribution in [1.29, 1.82) is 0 Å². The average molecular weight is 356 g/mol. The predicted molar refractivity (Wildman–Crippen MR) is 91.8 cm³/mol. The first kappa shape index (κ1) is 16.2. The Morgan fingerprint density at radius 2 is 2.31 bits per heavy atom. The molecule has 1 N–H and O–H groups in total. The van der Waals surface area contributed by atoms with Crippen LogP contribution in [-0.4, -0.2) is 51.7 Å². The lowest BCUT2D eigenvalue weighted by atomic mass is 10.1. The van der Waals surface area contributed by atoms with Crippen LogP contribution >= 0.6 is 0 Å². The molecule has 1 amide bonds. The van der Waals surface area contributed by atoms with Gasteiger partial charge in [0.1, 0.15) is 6.33 Å². The zero-order valence-corrected chi connectivity index (χ0v) is 14.1. The summed E-state index contributed by atoms with van der Waals surface area (Å²) < 4.78 is 20.5. The maximum absolute atomic E-state index is 13.8. The Morgan fingerprint density at radius 1 is 1.42 bits per heavy atom. The summed E-state index contributed by atoms with van der Waals surface area (Å²) in [6.07, 6.45) is 5.86. The third-order valence-electron chi connectivity index (χ3n) is 4.43. The van der Waals surface area contributed by atoms with Crippen molar-refractivity contribution in [1.82, 2.24) is 24.9 Å². The fourth-order valence-corrected chi connectivity index (χ4v) is 3.12. The van der Waals surface area contributed by atoms with Gasteiger partial charge in [0.25, 0.3) is 5.91 Å². The summed E-state index contributed by atoms with van der Waals surface area (Å²) in [6, 6.07) is 4.11. The van der Waals surface area contributed by atoms with Crippen LogP contribution in [0.5, 0.6) is 5.75 Å². The average Bonchev–Trinajstić information content (AvgIpc) is 3.30. The second kappa shape index (κ2) is 6.58. The van der Waals surface area contributed by atoms with Crippen molar-refractivity contribution < 1.29 is 13.9 Å². The van der Waals surface area contributed by atoms with E-state index in [-0.39, 0.29) is 23.3 Å². The van der Waals surface area contributed by atoms with E-state index in [0.29, 0.717) is 12.2 Å². The van der Waals surface area contributed by atoms with Crippen molar-refractivity contribution in [3.63, 3.8) is 0 Å². The lowest BCUT2D eigenvalue weighted by Gasteiger charge is -2.18. The molecule has 0 saturated carbocycles. The molecule has 1 atom stereocenters. The highest BCUT2D eigenvalue weighted by molar-refractivity contribution is 5.94. The van der Waals surface area contributed by atoms with Crippen LogP contribution < -0.4 is 15.0 Å². The van der Waals surface area contributed by atoms with E-state index in [1.54, 1.807) is 29.2 Å². The van der Waals surface area contributed by atoms with E-state index in [1.165, 1.54) is 19.2 Å². The summed E-state index contributed by atoms with van der Waals surface area (Å²) in [5.41, 5.74) is 0.941. The molecule has 9 heteroatoms. The Morgan fingerprint density at radius 3 is 3.12 bits per heavy atom. The minimum absolute atomic E-state index is 0.0577. The van der Waals surface area contributed by atoms with E-state index < -0.39 is 5.82 Å². The zero-order chi connectivity index (χ0) is 18.1. The van der Waals surface area contributed by atoms with Gasteiger partial charge in [0.05, 0.1) is 7.11 Å². The van der Waals surface area contributed by atoms with Crippen LogP contribution in [0.25, 0.3) is 5.65 Å². The second-order valence-corrected chi connectivity index (χ2v) is 6.07. The highest BCUT2D eigenvalue weighted by Crippen LogP contribution is 2.22. The van der Waals surface area contributed by atoms with Gasteiger partial charge < -0.3 is 15.0 Å². The molecular weight excluding hydrogens is 339 g/mol. The second-order valence-electron chi connectivity index (χ2n) is 6.07. The third kappa shape index (κ3) is 2.92. The van der Waals surface area contributed by atoms with Crippen LogP contribution in [-0.2, 0) is 0 Å². The fraction of sp³-hybridized carbons (Fsp3) is 0.294. The van der Waals surface area contributed by atoms with E-state index in [4.69, 9.17) is 4.74 Å². The van der Waals surface area contributed by atoms with Crippen LogP contribution in [0.15, 0.2) is 36.9 Å². The summed E-state index contributed by atoms with van der Waals surface area (Å²) in [6.45, 7) is 1.34. The molecule has 1 aliphatic heterocycles. The maximum atomic E-state index is 13.8. The number of benzene rings is 1. The number of fused-ring (bicyclic) bond motifs is 1. The Balaban J connectivity index is 1.45. The van der Waals surface area contributed by atoms with Gasteiger partial charge in [-0.05, 0) is 24.6 Å². The third-order valence-corrected chi connectivity index (χ3v) is 4.43. The normalized spacial score (nSPS) is 16.8. The lowest BCUT2D eigenvalue weighted by molar-refractivity contribution is 0.0940. The molecule has 134 valence electrons. The van der Waals surface area contributed by atoms with Gasteiger partial charge in [0.2, 0.25) is 5.65 Å². The van der Waals surface area contributed by atoms with Gasteiger partial charge in [-0.3, -0.25) is 9.20 Å². The number of ether oxygens (including phenoxy) is 1. The number of rotatable bonds is 4. The molecule has 1 aliphatic rings. The molecule has 1 fully saturated rings. The number of nitrogens with one attached hydrogen (secondary N) is 1. The quantitative estimate of drug-likeness (QED) is 0.758. The maximum Gasteiger partial charge on any atom is 0.251 e. The number of hydrogen-bond acceptors (Lipinski definition) is 6. The summed E-state index contributed by atoms with van der Waals surface area (Å²) in [4.78, 5) is 18.8. The molecule has 3 heterocycles. The van der Waals surface area contributed by atoms with Crippen LogP contribution in [0.2, 0.25) is 0 Å². The van der Waals surface area contributed by atoms with Gasteiger partial charge in [-0.25, -0.2) is 9.37 Å². The molecule has 0 radical (unpaired) electrons. The lowest BCUT2D eigenvalue weighted by Crippen LogP contribution is -2.37. The molecule has 1 saturated heterocycles. The highest BCUT2D eigenvalue weighted by Gasteiger charge is 2.27. The monoisotopic (exact) mass is 356 g/mol. The number of carbonyl (C=O) groups is 1. The minimum Gasteiger partial charge on any atom is -0.494 e. The molecule has 0 unspecified atom stereocenters. The van der Waals surface area contributed by atoms with E-state index in [0.717, 1.165) is 18.8 Å². The molecular formula is C17H17FN6O2. The van der Waals surface area contributed by atoms with Crippen LogP contribution in [0, 0.1) is 5.82 Å². The summed E-state index contributed by atoms with van der Waals surface area (Å²) >= 11 is 0. The zero-order valence-electron chi connectivity index (χ0n) is 14.1. The van der Waals surface area contributed by atoms with Crippen LogP contribution in [0.4, 0.5) is 10.2 Å². The van der Waals surface area contributed by atoms with E-state index in [1.807, 2.05) is 0 Å². The Kier molecular flexibility index (Phi) is 4.11. The Labute approximate surface area is 148 Å². The molecule has 2 aromatic heterocycles. The molecule has 4 rings (SSSR count). The molecule has 1 aromatic carbocycles. The van der Waals surface area contributed by atoms with Crippen molar-refractivity contribution in [2.45, 2.75) is 12.5 Å². The number of amides is 1. The molecule has 0 spiro atoms. The van der Waals surface area contributed by atoms with Gasteiger partial charge in [-0.15, -0.1) is 10.2 Å². The predicted octanol–water partition coefficient (Wildman–Crippen LogP) is 1.28. The van der Waals surface area contributed by atoms with Crippen LogP contribution in [0.1, 0.15) is 16.8 Å². The first-order chi connectivity index (χ1) is 12.7. The largest absolute Gasteiger partial charge is 0.494 e. The molecule has 0 bridgehead atoms. The number of methoxy groups -OCH3 is 1. The van der Waals surface area contributed by atoms with Crippen molar-refractivity contribution >= 4 is 17.4 Å². The summed E-state index contributed by atoms with van der Waals surface area (Å²) in [7, 11) is 1.38. The van der Waals surface area contributed by atoms with E-state index in [9.17, 15) is 9.18 Å². The van der Waals surface area contributed by atoms with Gasteiger partial charge in [-0.2, -0.15) is 0 Å². The summed E-state index contributed by atoms with van der Waals surface area (Å²) in [5, 5.41) is 10.9. The number of carbonyl (C=O) groups excluding carboxylic acids is 1. The number of hydrogen-bond donors (Lipinski definition) is 1. The number of nitrogens with zero attached hydrogens (tertiary/aromatic N) is 5. The highest BCUT2D eigenvalue weighted by atomic mass is 19.1. The number of aromatic nitrogens is 4. The van der Waals surface area contributed by atoms with Crippen molar-refractivity contribution in [2.24, 2.45) is 0 Å². The van der Waals surface area contributed by atoms with Gasteiger partial charge in [0.15, 0.2) is 17.4 Å². The molecule has 0 aliphatic carbocycles.